The van der Waals surface area contributed by atoms with E-state index in [1.54, 1.807) is 0 Å². The molecule has 4 heteroatoms. The summed E-state index contributed by atoms with van der Waals surface area (Å²) in [5.41, 5.74) is 18.0. The molecule has 1 aliphatic carbocycles. The van der Waals surface area contributed by atoms with Crippen molar-refractivity contribution in [3.63, 3.8) is 0 Å². The molecule has 42 heavy (non-hydrogen) atoms. The number of hydrogen-bond donors (Lipinski definition) is 0. The Morgan fingerprint density at radius 3 is 2.38 bits per heavy atom. The first-order chi connectivity index (χ1) is 20.5. The summed E-state index contributed by atoms with van der Waals surface area (Å²) >= 11 is 1.94. The van der Waals surface area contributed by atoms with E-state index in [9.17, 15) is 0 Å². The molecule has 5 aromatic carbocycles. The lowest BCUT2D eigenvalue weighted by Crippen LogP contribution is -2.55. The highest BCUT2D eigenvalue weighted by atomic mass is 32.1. The van der Waals surface area contributed by atoms with Gasteiger partial charge in [0, 0.05) is 48.6 Å². The standard InChI is InChI=1S/C38H25BN2S/c1-20-18-26-21-12-8-14-25-33(21)41(36-23-11-5-7-17-30(23)42-37(25)36)39-28-16-9-13-24-31-35(40(34(24)28)29(19-20)32(26)39)22-10-4-6-15-27(22)38(31,2)3/h4-19H,1-3H3. The van der Waals surface area contributed by atoms with E-state index in [4.69, 9.17) is 0 Å². The molecule has 0 saturated heterocycles. The van der Waals surface area contributed by atoms with Crippen molar-refractivity contribution in [2.75, 3.05) is 0 Å². The summed E-state index contributed by atoms with van der Waals surface area (Å²) in [5.74, 6) is 0. The Morgan fingerprint density at radius 1 is 0.690 bits per heavy atom. The van der Waals surface area contributed by atoms with Crippen LogP contribution in [0.4, 0.5) is 0 Å². The van der Waals surface area contributed by atoms with Crippen LogP contribution in [0.3, 0.4) is 0 Å². The molecular formula is C38H25BN2S. The fraction of sp³-hybridized carbons (Fsp3) is 0.105. The van der Waals surface area contributed by atoms with Gasteiger partial charge in [-0.2, -0.15) is 0 Å². The second-order valence-electron chi connectivity index (χ2n) is 13.0. The smallest absolute Gasteiger partial charge is 0.333 e. The van der Waals surface area contributed by atoms with Crippen LogP contribution in [0.5, 0.6) is 0 Å². The summed E-state index contributed by atoms with van der Waals surface area (Å²) in [6.45, 7) is 7.21. The van der Waals surface area contributed by atoms with E-state index in [1.165, 1.54) is 97.8 Å². The second kappa shape index (κ2) is 6.91. The second-order valence-corrected chi connectivity index (χ2v) is 14.0. The number of nitrogens with zero attached hydrogens (tertiary/aromatic N) is 2. The van der Waals surface area contributed by atoms with Crippen molar-refractivity contribution < 1.29 is 0 Å². The summed E-state index contributed by atoms with van der Waals surface area (Å²) < 4.78 is 8.14. The minimum Gasteiger partial charge on any atom is -0.374 e. The van der Waals surface area contributed by atoms with Crippen molar-refractivity contribution in [2.45, 2.75) is 26.2 Å². The summed E-state index contributed by atoms with van der Waals surface area (Å²) in [7, 11) is 0. The summed E-state index contributed by atoms with van der Waals surface area (Å²) in [6, 6.07) is 37.0. The first-order valence-electron chi connectivity index (χ1n) is 14.9. The predicted octanol–water partition coefficient (Wildman–Crippen LogP) is 8.52. The van der Waals surface area contributed by atoms with Gasteiger partial charge in [-0.05, 0) is 52.2 Å². The van der Waals surface area contributed by atoms with Crippen molar-refractivity contribution in [1.82, 2.24) is 9.05 Å². The Bertz CT molecular complexity index is 2570. The Labute approximate surface area is 247 Å². The van der Waals surface area contributed by atoms with Gasteiger partial charge in [-0.1, -0.05) is 98.8 Å². The highest BCUT2D eigenvalue weighted by molar-refractivity contribution is 7.27. The molecule has 8 aromatic rings. The number of hydrogen-bond acceptors (Lipinski definition) is 1. The van der Waals surface area contributed by atoms with Gasteiger partial charge in [0.05, 0.1) is 21.4 Å². The molecule has 0 radical (unpaired) electrons. The van der Waals surface area contributed by atoms with Crippen molar-refractivity contribution in [2.24, 2.45) is 0 Å². The number of fused-ring (bicyclic) bond motifs is 14. The van der Waals surface area contributed by atoms with Crippen molar-refractivity contribution in [1.29, 1.82) is 0 Å². The average Bonchev–Trinajstić information content (AvgIpc) is 3.71. The normalized spacial score (nSPS) is 15.2. The molecule has 0 spiro atoms. The van der Waals surface area contributed by atoms with Gasteiger partial charge < -0.3 is 9.05 Å². The highest BCUT2D eigenvalue weighted by Crippen LogP contribution is 2.55. The fourth-order valence-electron chi connectivity index (χ4n) is 9.01. The molecule has 3 aromatic heterocycles. The average molecular weight is 553 g/mol. The van der Waals surface area contributed by atoms with E-state index in [2.05, 4.69) is 127 Å². The van der Waals surface area contributed by atoms with Crippen LogP contribution >= 0.6 is 11.3 Å². The van der Waals surface area contributed by atoms with Crippen molar-refractivity contribution in [3.05, 3.63) is 114 Å². The highest BCUT2D eigenvalue weighted by Gasteiger charge is 2.46. The third kappa shape index (κ3) is 2.23. The number of para-hydroxylation sites is 2. The Hall–Kier alpha value is -4.54. The molecule has 0 saturated carbocycles. The molecule has 2 nitrogen and oxygen atoms in total. The largest absolute Gasteiger partial charge is 0.374 e. The van der Waals surface area contributed by atoms with Crippen LogP contribution in [-0.4, -0.2) is 15.9 Å². The van der Waals surface area contributed by atoms with Crippen molar-refractivity contribution in [3.8, 4) is 28.1 Å². The zero-order valence-electron chi connectivity index (χ0n) is 23.6. The van der Waals surface area contributed by atoms with Gasteiger partial charge in [-0.15, -0.1) is 11.3 Å². The minimum atomic E-state index is -0.0681. The first-order valence-corrected chi connectivity index (χ1v) is 15.7. The third-order valence-electron chi connectivity index (χ3n) is 10.5. The van der Waals surface area contributed by atoms with Gasteiger partial charge in [-0.25, -0.2) is 0 Å². The molecule has 0 fully saturated rings. The quantitative estimate of drug-likeness (QED) is 0.167. The number of benzene rings is 5. The fourth-order valence-corrected chi connectivity index (χ4v) is 10.2. The lowest BCUT2D eigenvalue weighted by atomic mass is 9.45. The van der Waals surface area contributed by atoms with Crippen molar-refractivity contribution >= 4 is 71.2 Å². The van der Waals surface area contributed by atoms with Gasteiger partial charge >= 0.3 is 6.85 Å². The maximum atomic E-state index is 2.72. The lowest BCUT2D eigenvalue weighted by Gasteiger charge is -2.34. The maximum Gasteiger partial charge on any atom is 0.333 e. The summed E-state index contributed by atoms with van der Waals surface area (Å²) in [5, 5.41) is 4.14. The molecule has 2 aliphatic heterocycles. The zero-order valence-corrected chi connectivity index (χ0v) is 24.4. The molecular weight excluding hydrogens is 527 g/mol. The van der Waals surface area contributed by atoms with Gasteiger partial charge in [0.1, 0.15) is 0 Å². The molecule has 0 atom stereocenters. The van der Waals surface area contributed by atoms with E-state index in [0.29, 0.717) is 0 Å². The maximum absolute atomic E-state index is 2.72. The van der Waals surface area contributed by atoms with Crippen LogP contribution in [0.1, 0.15) is 30.5 Å². The van der Waals surface area contributed by atoms with Gasteiger partial charge in [0.15, 0.2) is 0 Å². The summed E-state index contributed by atoms with van der Waals surface area (Å²) in [4.78, 5) is 0. The van der Waals surface area contributed by atoms with E-state index >= 15 is 0 Å². The van der Waals surface area contributed by atoms with Crippen LogP contribution in [-0.2, 0) is 5.41 Å². The molecule has 0 bridgehead atoms. The molecule has 11 rings (SSSR count). The van der Waals surface area contributed by atoms with Crippen LogP contribution < -0.4 is 10.9 Å². The summed E-state index contributed by atoms with van der Waals surface area (Å²) in [6.07, 6.45) is 0. The molecule has 0 N–H and O–H groups in total. The molecule has 0 unspecified atom stereocenters. The Morgan fingerprint density at radius 2 is 1.45 bits per heavy atom. The third-order valence-corrected chi connectivity index (χ3v) is 11.7. The Balaban J connectivity index is 1.41. The van der Waals surface area contributed by atoms with Gasteiger partial charge in [0.25, 0.3) is 0 Å². The topological polar surface area (TPSA) is 9.86 Å². The van der Waals surface area contributed by atoms with E-state index < -0.39 is 0 Å². The van der Waals surface area contributed by atoms with E-state index in [0.717, 1.165) is 0 Å². The van der Waals surface area contributed by atoms with Crippen LogP contribution in [0.15, 0.2) is 97.1 Å². The van der Waals surface area contributed by atoms with Gasteiger partial charge in [-0.3, -0.25) is 0 Å². The minimum absolute atomic E-state index is 0.0681. The SMILES string of the molecule is Cc1cc2c3c(c1)-n1c4c(c5cccc(c51)B3n1c3c-2cccc3c2sc3ccccc3c21)C(C)(C)c1ccccc1-4. The molecule has 196 valence electrons. The van der Waals surface area contributed by atoms with E-state index in [-0.39, 0.29) is 12.3 Å². The van der Waals surface area contributed by atoms with Gasteiger partial charge in [0.2, 0.25) is 0 Å². The Kier molecular flexibility index (Phi) is 3.64. The number of thiophene rings is 1. The monoisotopic (exact) mass is 552 g/mol. The van der Waals surface area contributed by atoms with E-state index in [1.807, 2.05) is 11.3 Å². The first kappa shape index (κ1) is 22.1. The van der Waals surface area contributed by atoms with Crippen LogP contribution in [0, 0.1) is 6.92 Å². The number of aryl methyl sites for hydroxylation is 1. The molecule has 5 heterocycles. The number of aromatic nitrogens is 2. The lowest BCUT2D eigenvalue weighted by molar-refractivity contribution is 0.666. The predicted molar refractivity (Wildman–Crippen MR) is 180 cm³/mol. The molecule has 3 aliphatic rings. The molecule has 0 amide bonds. The zero-order chi connectivity index (χ0) is 27.6. The van der Waals surface area contributed by atoms with Crippen LogP contribution in [0.25, 0.3) is 70.2 Å². The number of rotatable bonds is 0. The van der Waals surface area contributed by atoms with Crippen LogP contribution in [0.2, 0.25) is 0 Å².